The van der Waals surface area contributed by atoms with Crippen molar-refractivity contribution in [3.63, 3.8) is 0 Å². The van der Waals surface area contributed by atoms with E-state index in [0.29, 0.717) is 28.5 Å². The lowest BCUT2D eigenvalue weighted by molar-refractivity contribution is 0.329. The molecule has 1 aliphatic heterocycles. The summed E-state index contributed by atoms with van der Waals surface area (Å²) in [5.41, 5.74) is 9.37. The van der Waals surface area contributed by atoms with Gasteiger partial charge in [-0.1, -0.05) is 12.1 Å². The molecule has 0 spiro atoms. The Morgan fingerprint density at radius 3 is 2.80 bits per heavy atom. The van der Waals surface area contributed by atoms with Crippen molar-refractivity contribution in [2.24, 2.45) is 11.6 Å². The molecule has 0 radical (unpaired) electrons. The molecule has 30 heavy (non-hydrogen) atoms. The molecule has 0 saturated heterocycles. The number of halogens is 1. The first-order valence-electron chi connectivity index (χ1n) is 9.08. The Bertz CT molecular complexity index is 1180. The third kappa shape index (κ3) is 3.29. The van der Waals surface area contributed by atoms with Gasteiger partial charge in [0.25, 0.3) is 0 Å². The van der Waals surface area contributed by atoms with Crippen LogP contribution >= 0.6 is 0 Å². The lowest BCUT2D eigenvalue weighted by Gasteiger charge is -2.24. The highest BCUT2D eigenvalue weighted by atomic mass is 19.1. The number of imidazole rings is 1. The first kappa shape index (κ1) is 19.3. The lowest BCUT2D eigenvalue weighted by atomic mass is 10.1. The minimum atomic E-state index is -0.485. The molecule has 2 aromatic carbocycles. The highest BCUT2D eigenvalue weighted by Gasteiger charge is 2.27. The van der Waals surface area contributed by atoms with E-state index in [1.54, 1.807) is 42.3 Å². The van der Waals surface area contributed by atoms with Crippen LogP contribution in [-0.4, -0.2) is 23.3 Å². The monoisotopic (exact) mass is 406 g/mol. The molecule has 0 atom stereocenters. The van der Waals surface area contributed by atoms with Crippen LogP contribution in [-0.2, 0) is 6.42 Å². The number of para-hydroxylation sites is 1. The number of benzene rings is 2. The van der Waals surface area contributed by atoms with E-state index < -0.39 is 5.82 Å². The molecule has 0 amide bonds. The maximum Gasteiger partial charge on any atom is 0.165 e. The highest BCUT2D eigenvalue weighted by molar-refractivity contribution is 5.70. The normalized spacial score (nSPS) is 14.3. The Morgan fingerprint density at radius 1 is 1.27 bits per heavy atom. The second-order valence-corrected chi connectivity index (χ2v) is 6.61. The van der Waals surface area contributed by atoms with Crippen LogP contribution in [0, 0.1) is 17.1 Å². The van der Waals surface area contributed by atoms with Gasteiger partial charge in [-0.25, -0.2) is 15.2 Å². The van der Waals surface area contributed by atoms with Crippen molar-refractivity contribution in [2.75, 3.05) is 18.7 Å². The van der Waals surface area contributed by atoms with E-state index >= 15 is 0 Å². The molecule has 0 unspecified atom stereocenters. The first-order chi connectivity index (χ1) is 14.5. The number of anilines is 1. The molecule has 0 saturated carbocycles. The molecule has 1 aromatic heterocycles. The number of rotatable bonds is 4. The van der Waals surface area contributed by atoms with Gasteiger partial charge in [0.05, 0.1) is 35.6 Å². The summed E-state index contributed by atoms with van der Waals surface area (Å²) < 4.78 is 26.5. The van der Waals surface area contributed by atoms with Crippen molar-refractivity contribution in [2.45, 2.75) is 6.42 Å². The molecule has 0 bridgehead atoms. The Balaban J connectivity index is 1.79. The smallest absolute Gasteiger partial charge is 0.165 e. The van der Waals surface area contributed by atoms with E-state index in [1.165, 1.54) is 17.1 Å². The minimum Gasteiger partial charge on any atom is -0.497 e. The van der Waals surface area contributed by atoms with Gasteiger partial charge in [-0.2, -0.15) is 5.26 Å². The number of nitrogens with two attached hydrogens (primary N) is 2. The zero-order valence-corrected chi connectivity index (χ0v) is 16.2. The maximum absolute atomic E-state index is 13.9. The van der Waals surface area contributed by atoms with Crippen LogP contribution in [0.3, 0.4) is 0 Å². The molecular weight excluding hydrogens is 387 g/mol. The maximum atomic E-state index is 13.9. The Hall–Kier alpha value is -4.03. The Labute approximate surface area is 172 Å². The van der Waals surface area contributed by atoms with Crippen LogP contribution in [0.15, 0.2) is 60.2 Å². The van der Waals surface area contributed by atoms with Crippen molar-refractivity contribution in [3.05, 3.63) is 77.4 Å². The molecule has 0 aliphatic carbocycles. The van der Waals surface area contributed by atoms with E-state index in [0.717, 1.165) is 5.69 Å². The summed E-state index contributed by atoms with van der Waals surface area (Å²) in [5.74, 6) is 6.64. The fourth-order valence-electron chi connectivity index (χ4n) is 3.33. The largest absolute Gasteiger partial charge is 0.497 e. The van der Waals surface area contributed by atoms with Gasteiger partial charge in [-0.05, 0) is 24.3 Å². The number of nitrogens with zero attached hydrogens (tertiary/aromatic N) is 4. The molecule has 4 N–H and O–H groups in total. The average molecular weight is 406 g/mol. The number of hydrazine groups is 1. The quantitative estimate of drug-likeness (QED) is 0.639. The number of aromatic nitrogens is 2. The molecule has 2 heterocycles. The molecule has 3 aromatic rings. The van der Waals surface area contributed by atoms with Crippen LogP contribution in [0.1, 0.15) is 11.4 Å². The van der Waals surface area contributed by atoms with E-state index in [2.05, 4.69) is 11.1 Å². The SMILES string of the molecule is COc1ccc2c(c1)N(N)/C(=C(\N)COc1ccccc1F)Cc1c(C#N)ncn1-2. The molecule has 1 aliphatic rings. The van der Waals surface area contributed by atoms with Crippen LogP contribution in [0.5, 0.6) is 11.5 Å². The van der Waals surface area contributed by atoms with Crippen LogP contribution in [0.25, 0.3) is 5.69 Å². The van der Waals surface area contributed by atoms with Crippen molar-refractivity contribution < 1.29 is 13.9 Å². The summed E-state index contributed by atoms with van der Waals surface area (Å²) in [5, 5.41) is 10.9. The average Bonchev–Trinajstić information content (AvgIpc) is 3.13. The number of allylic oxidation sites excluding steroid dienone is 1. The predicted molar refractivity (Wildman–Crippen MR) is 108 cm³/mol. The van der Waals surface area contributed by atoms with Gasteiger partial charge < -0.3 is 15.2 Å². The summed E-state index contributed by atoms with van der Waals surface area (Å²) in [6.07, 6.45) is 1.81. The summed E-state index contributed by atoms with van der Waals surface area (Å²) in [6.45, 7) is -0.0840. The number of methoxy groups -OCH3 is 1. The number of fused-ring (bicyclic) bond motifs is 3. The second-order valence-electron chi connectivity index (χ2n) is 6.61. The fourth-order valence-corrected chi connectivity index (χ4v) is 3.33. The fraction of sp³-hybridized carbons (Fsp3) is 0.143. The third-order valence-electron chi connectivity index (χ3n) is 4.89. The summed E-state index contributed by atoms with van der Waals surface area (Å²) in [4.78, 5) is 4.19. The topological polar surface area (TPSA) is 115 Å². The van der Waals surface area contributed by atoms with Crippen molar-refractivity contribution >= 4 is 5.69 Å². The summed E-state index contributed by atoms with van der Waals surface area (Å²) in [7, 11) is 1.56. The van der Waals surface area contributed by atoms with Crippen LogP contribution in [0.4, 0.5) is 10.1 Å². The van der Waals surface area contributed by atoms with E-state index in [1.807, 2.05) is 6.07 Å². The van der Waals surface area contributed by atoms with Gasteiger partial charge in [-0.3, -0.25) is 9.58 Å². The van der Waals surface area contributed by atoms with E-state index in [4.69, 9.17) is 21.1 Å². The molecular formula is C21H19FN6O2. The molecule has 4 rings (SSSR count). The van der Waals surface area contributed by atoms with Crippen LogP contribution in [0.2, 0.25) is 0 Å². The summed E-state index contributed by atoms with van der Waals surface area (Å²) >= 11 is 0. The standard InChI is InChI=1S/C21H19FN6O2/c1-29-13-6-7-17-20(8-13)28(25)18(9-19-16(10-23)26-12-27(17)19)15(24)11-30-21-5-3-2-4-14(21)22/h2-8,12H,9,11,24-25H2,1H3/b18-15-. The number of nitriles is 1. The van der Waals surface area contributed by atoms with Crippen LogP contribution < -0.4 is 26.1 Å². The molecule has 9 heteroatoms. The van der Waals surface area contributed by atoms with Crippen molar-refractivity contribution in [3.8, 4) is 23.3 Å². The van der Waals surface area contributed by atoms with Gasteiger partial charge in [0.2, 0.25) is 0 Å². The van der Waals surface area contributed by atoms with Gasteiger partial charge in [0.15, 0.2) is 17.3 Å². The number of hydrogen-bond acceptors (Lipinski definition) is 7. The summed E-state index contributed by atoms with van der Waals surface area (Å²) in [6, 6.07) is 13.6. The van der Waals surface area contributed by atoms with Crippen molar-refractivity contribution in [1.29, 1.82) is 5.26 Å². The van der Waals surface area contributed by atoms with Gasteiger partial charge in [0.1, 0.15) is 24.8 Å². The number of ether oxygens (including phenoxy) is 2. The van der Waals surface area contributed by atoms with Gasteiger partial charge in [-0.15, -0.1) is 0 Å². The van der Waals surface area contributed by atoms with Crippen molar-refractivity contribution in [1.82, 2.24) is 9.55 Å². The zero-order valence-electron chi connectivity index (χ0n) is 16.2. The molecule has 8 nitrogen and oxygen atoms in total. The first-order valence-corrected chi connectivity index (χ1v) is 9.08. The lowest BCUT2D eigenvalue weighted by Crippen LogP contribution is -2.34. The van der Waals surface area contributed by atoms with E-state index in [-0.39, 0.29) is 24.5 Å². The molecule has 0 fully saturated rings. The minimum absolute atomic E-state index is 0.0840. The molecule has 152 valence electrons. The predicted octanol–water partition coefficient (Wildman–Crippen LogP) is 2.38. The second kappa shape index (κ2) is 7.77. The Morgan fingerprint density at radius 2 is 2.07 bits per heavy atom. The zero-order chi connectivity index (χ0) is 21.3. The highest BCUT2D eigenvalue weighted by Crippen LogP contribution is 2.35. The van der Waals surface area contributed by atoms with E-state index in [9.17, 15) is 9.65 Å². The van der Waals surface area contributed by atoms with Gasteiger partial charge in [0, 0.05) is 12.5 Å². The number of hydrogen-bond donors (Lipinski definition) is 2. The van der Waals surface area contributed by atoms with Gasteiger partial charge >= 0.3 is 0 Å². The Kier molecular flexibility index (Phi) is 5.00. The third-order valence-corrected chi connectivity index (χ3v) is 4.89.